The van der Waals surface area contributed by atoms with Crippen LogP contribution in [0.4, 0.5) is 11.4 Å². The van der Waals surface area contributed by atoms with Gasteiger partial charge in [-0.1, -0.05) is 12.1 Å². The maximum absolute atomic E-state index is 10.9. The Hall–Kier alpha value is -1.84. The van der Waals surface area contributed by atoms with Crippen LogP contribution in [-0.4, -0.2) is 64.8 Å². The van der Waals surface area contributed by atoms with E-state index in [0.717, 1.165) is 21.1 Å². The fraction of sp³-hybridized carbons (Fsp3) is 0.300. The van der Waals surface area contributed by atoms with E-state index in [4.69, 9.17) is 15.9 Å². The topological polar surface area (TPSA) is 168 Å². The van der Waals surface area contributed by atoms with Gasteiger partial charge in [0.05, 0.1) is 9.82 Å². The van der Waals surface area contributed by atoms with Gasteiger partial charge in [-0.25, -0.2) is 0 Å². The Morgan fingerprint density at radius 1 is 0.971 bits per heavy atom. The number of halogens is 2. The summed E-state index contributed by atoms with van der Waals surface area (Å²) in [5.41, 5.74) is 6.43. The number of nitro groups is 1. The van der Waals surface area contributed by atoms with Crippen LogP contribution in [0.1, 0.15) is 0 Å². The molecule has 0 saturated carbocycles. The van der Waals surface area contributed by atoms with E-state index < -0.39 is 28.9 Å². The third-order valence-corrected chi connectivity index (χ3v) is 8.53. The number of nitrogens with two attached hydrogens (primary N) is 1. The number of carbonyl (C=O) groups is 2. The molecule has 0 spiro atoms. The molecule has 0 unspecified atom stereocenters. The average Bonchev–Trinajstić information content (AvgIpc) is 2.77. The molecule has 0 fully saturated rings. The summed E-state index contributed by atoms with van der Waals surface area (Å²) in [4.78, 5) is 33.3. The smallest absolute Gasteiger partial charge is 0.321 e. The second kappa shape index (κ2) is 15.2. The number of hydrogen-bond donors (Lipinski definition) is 5. The number of nitrogens with zero attached hydrogens (tertiary/aromatic N) is 1. The summed E-state index contributed by atoms with van der Waals surface area (Å²) in [6.07, 6.45) is 0. The summed E-state index contributed by atoms with van der Waals surface area (Å²) in [6, 6.07) is 8.84. The van der Waals surface area contributed by atoms with Crippen LogP contribution in [-0.2, 0) is 9.59 Å². The minimum Gasteiger partial charge on any atom is -0.480 e. The lowest BCUT2D eigenvalue weighted by molar-refractivity contribution is -0.387. The number of nitrogen functional groups attached to an aromatic ring is 1. The van der Waals surface area contributed by atoms with Crippen molar-refractivity contribution in [1.82, 2.24) is 10.6 Å². The highest BCUT2D eigenvalue weighted by molar-refractivity contribution is 9.10. The molecule has 0 aliphatic rings. The van der Waals surface area contributed by atoms with Gasteiger partial charge in [0.15, 0.2) is 0 Å². The molecule has 0 aliphatic heterocycles. The number of anilines is 1. The maximum atomic E-state index is 10.9. The third-order valence-electron chi connectivity index (χ3n) is 4.22. The number of hydrogen-bond acceptors (Lipinski definition) is 9. The first-order valence-corrected chi connectivity index (χ1v) is 13.1. The Morgan fingerprint density at radius 3 is 1.82 bits per heavy atom. The molecule has 0 saturated heterocycles. The predicted molar refractivity (Wildman–Crippen MR) is 142 cm³/mol. The lowest BCUT2D eigenvalue weighted by Gasteiger charge is -2.12. The van der Waals surface area contributed by atoms with Gasteiger partial charge >= 0.3 is 11.9 Å². The summed E-state index contributed by atoms with van der Waals surface area (Å²) in [5, 5.41) is 34.0. The van der Waals surface area contributed by atoms with Crippen molar-refractivity contribution in [2.24, 2.45) is 0 Å². The van der Waals surface area contributed by atoms with E-state index in [1.807, 2.05) is 12.1 Å². The summed E-state index contributed by atoms with van der Waals surface area (Å²) < 4.78 is 1.47. The number of nitro benzene ring substituents is 1. The van der Waals surface area contributed by atoms with Crippen LogP contribution < -0.4 is 16.4 Å². The van der Waals surface area contributed by atoms with E-state index in [1.54, 1.807) is 25.2 Å². The van der Waals surface area contributed by atoms with Crippen molar-refractivity contribution in [3.63, 3.8) is 0 Å². The molecule has 0 bridgehead atoms. The van der Waals surface area contributed by atoms with Crippen molar-refractivity contribution in [3.8, 4) is 0 Å². The van der Waals surface area contributed by atoms with E-state index in [1.165, 1.54) is 24.9 Å². The molecule has 0 aromatic heterocycles. The predicted octanol–water partition coefficient (Wildman–Crippen LogP) is 3.92. The van der Waals surface area contributed by atoms with Gasteiger partial charge in [-0.3, -0.25) is 19.7 Å². The van der Waals surface area contributed by atoms with Crippen LogP contribution in [0, 0.1) is 10.1 Å². The monoisotopic (exact) mass is 638 g/mol. The zero-order chi connectivity index (χ0) is 25.8. The Balaban J connectivity index is 0.000000342. The van der Waals surface area contributed by atoms with Crippen molar-refractivity contribution in [1.29, 1.82) is 0 Å². The molecular weight excluding hydrogens is 616 g/mol. The van der Waals surface area contributed by atoms with E-state index >= 15 is 0 Å². The summed E-state index contributed by atoms with van der Waals surface area (Å²) >= 11 is 9.17. The minimum atomic E-state index is -0.986. The minimum absolute atomic E-state index is 0.0328. The van der Waals surface area contributed by atoms with Gasteiger partial charge in [0, 0.05) is 37.1 Å². The third kappa shape index (κ3) is 9.43. The van der Waals surface area contributed by atoms with Crippen molar-refractivity contribution in [3.05, 3.63) is 55.5 Å². The lowest BCUT2D eigenvalue weighted by atomic mass is 10.3. The second-order valence-corrected chi connectivity index (χ2v) is 10.3. The standard InChI is InChI=1S/C10H11BrN2O4S.C10H13BrN2O2S/c1-12-7(10(14)15)5-18-9-6(11)3-2-4-8(9)13(16)17;1-13-8(10(14)15)5-16-9-6(11)3-2-4-7(9)12/h2-4,7,12H,5H2,1H3,(H,14,15);2-4,8,13H,5,12H2,1H3,(H,14,15)/t7-;8-/m00/s1. The largest absolute Gasteiger partial charge is 0.480 e. The molecular formula is C20H24Br2N4O6S2. The molecule has 14 heteroatoms. The highest BCUT2D eigenvalue weighted by Gasteiger charge is 2.21. The number of benzene rings is 2. The summed E-state index contributed by atoms with van der Waals surface area (Å²) in [5.74, 6) is -1.21. The molecule has 0 heterocycles. The van der Waals surface area contributed by atoms with Gasteiger partial charge in [-0.2, -0.15) is 0 Å². The van der Waals surface area contributed by atoms with Crippen molar-refractivity contribution >= 4 is 78.7 Å². The van der Waals surface area contributed by atoms with Gasteiger partial charge in [-0.15, -0.1) is 23.5 Å². The number of rotatable bonds is 11. The number of thioether (sulfide) groups is 2. The highest BCUT2D eigenvalue weighted by Crippen LogP contribution is 2.36. The summed E-state index contributed by atoms with van der Waals surface area (Å²) in [7, 11) is 3.16. The second-order valence-electron chi connectivity index (χ2n) is 6.48. The van der Waals surface area contributed by atoms with E-state index in [9.17, 15) is 19.7 Å². The lowest BCUT2D eigenvalue weighted by Crippen LogP contribution is -2.35. The molecule has 34 heavy (non-hydrogen) atoms. The Labute approximate surface area is 221 Å². The number of likely N-dealkylation sites (N-methyl/N-ethyl adjacent to an activating group) is 2. The molecule has 2 aromatic carbocycles. The first kappa shape index (κ1) is 30.2. The van der Waals surface area contributed by atoms with Crippen molar-refractivity contribution in [2.75, 3.05) is 31.3 Å². The first-order valence-electron chi connectivity index (χ1n) is 9.56. The quantitative estimate of drug-likeness (QED) is 0.105. The van der Waals surface area contributed by atoms with Crippen molar-refractivity contribution < 1.29 is 24.7 Å². The first-order chi connectivity index (χ1) is 16.0. The Kier molecular flexibility index (Phi) is 13.5. The molecule has 10 nitrogen and oxygen atoms in total. The molecule has 0 amide bonds. The molecule has 2 rings (SSSR count). The number of nitrogens with one attached hydrogen (secondary N) is 2. The van der Waals surface area contributed by atoms with E-state index in [0.29, 0.717) is 20.8 Å². The fourth-order valence-electron chi connectivity index (χ4n) is 2.35. The van der Waals surface area contributed by atoms with Gasteiger partial charge in [-0.05, 0) is 64.2 Å². The van der Waals surface area contributed by atoms with Crippen LogP contribution in [0.25, 0.3) is 0 Å². The van der Waals surface area contributed by atoms with Crippen molar-refractivity contribution in [2.45, 2.75) is 21.9 Å². The molecule has 2 atom stereocenters. The normalized spacial score (nSPS) is 12.2. The molecule has 0 aliphatic carbocycles. The maximum Gasteiger partial charge on any atom is 0.321 e. The van der Waals surface area contributed by atoms with E-state index in [-0.39, 0.29) is 11.4 Å². The molecule has 186 valence electrons. The Bertz CT molecular complexity index is 995. The summed E-state index contributed by atoms with van der Waals surface area (Å²) in [6.45, 7) is 0. The van der Waals surface area contributed by atoms with Crippen LogP contribution in [0.2, 0.25) is 0 Å². The average molecular weight is 640 g/mol. The zero-order valence-corrected chi connectivity index (χ0v) is 23.0. The highest BCUT2D eigenvalue weighted by atomic mass is 79.9. The van der Waals surface area contributed by atoms with Crippen LogP contribution in [0.15, 0.2) is 55.1 Å². The van der Waals surface area contributed by atoms with Crippen LogP contribution in [0.3, 0.4) is 0 Å². The van der Waals surface area contributed by atoms with Crippen LogP contribution >= 0.6 is 55.4 Å². The zero-order valence-electron chi connectivity index (χ0n) is 18.2. The number of aliphatic carboxylic acids is 2. The van der Waals surface area contributed by atoms with Gasteiger partial charge < -0.3 is 26.6 Å². The SMILES string of the molecule is CN[C@@H](CSc1c(Br)cccc1[N+](=O)[O-])C(=O)O.CN[C@@H](CSc1c(N)cccc1Br)C(=O)O. The number of carboxylic acid groups (broad SMARTS) is 2. The van der Waals surface area contributed by atoms with Gasteiger partial charge in [0.1, 0.15) is 12.1 Å². The molecule has 6 N–H and O–H groups in total. The van der Waals surface area contributed by atoms with Gasteiger partial charge in [0.25, 0.3) is 5.69 Å². The van der Waals surface area contributed by atoms with Gasteiger partial charge in [0.2, 0.25) is 0 Å². The van der Waals surface area contributed by atoms with E-state index in [2.05, 4.69) is 42.5 Å². The molecule has 0 radical (unpaired) electrons. The number of carboxylic acids is 2. The Morgan fingerprint density at radius 2 is 1.41 bits per heavy atom. The van der Waals surface area contributed by atoms with Crippen LogP contribution in [0.5, 0.6) is 0 Å². The molecule has 2 aromatic rings. The fourth-order valence-corrected chi connectivity index (χ4v) is 6.00.